The number of carbonyl (C=O) groups is 1. The number of hydrogen-bond acceptors (Lipinski definition) is 4. The van der Waals surface area contributed by atoms with Gasteiger partial charge in [0.15, 0.2) is 0 Å². The summed E-state index contributed by atoms with van der Waals surface area (Å²) in [4.78, 5) is 14.9. The number of furan rings is 1. The fraction of sp³-hybridized carbons (Fsp3) is 0.706. The fourth-order valence-corrected chi connectivity index (χ4v) is 3.64. The molecule has 2 unspecified atom stereocenters. The van der Waals surface area contributed by atoms with Crippen LogP contribution in [0.4, 0.5) is 0 Å². The van der Waals surface area contributed by atoms with E-state index in [0.29, 0.717) is 24.5 Å². The van der Waals surface area contributed by atoms with E-state index >= 15 is 0 Å². The molecule has 2 atom stereocenters. The molecule has 5 nitrogen and oxygen atoms in total. The average molecular weight is 305 g/mol. The van der Waals surface area contributed by atoms with Gasteiger partial charge in [0.25, 0.3) is 5.91 Å². The number of nitrogens with zero attached hydrogens (tertiary/aromatic N) is 1. The van der Waals surface area contributed by atoms with E-state index in [4.69, 9.17) is 13.9 Å². The second-order valence-corrected chi connectivity index (χ2v) is 6.82. The second-order valence-electron chi connectivity index (χ2n) is 6.82. The molecule has 2 saturated heterocycles. The summed E-state index contributed by atoms with van der Waals surface area (Å²) in [5.74, 6) is 1.55. The lowest BCUT2D eigenvalue weighted by molar-refractivity contribution is -0.104. The molecular formula is C17H23NO4. The number of morpholine rings is 1. The molecular weight excluding hydrogens is 282 g/mol. The minimum absolute atomic E-state index is 0.0743. The summed E-state index contributed by atoms with van der Waals surface area (Å²) in [6, 6.07) is 2.02. The molecule has 0 aromatic carbocycles. The Morgan fingerprint density at radius 1 is 1.32 bits per heavy atom. The van der Waals surface area contributed by atoms with Gasteiger partial charge in [-0.15, -0.1) is 0 Å². The van der Waals surface area contributed by atoms with Crippen molar-refractivity contribution in [2.24, 2.45) is 5.92 Å². The topological polar surface area (TPSA) is 51.9 Å². The van der Waals surface area contributed by atoms with Crippen molar-refractivity contribution in [3.05, 3.63) is 23.7 Å². The highest BCUT2D eigenvalue weighted by molar-refractivity contribution is 5.95. The van der Waals surface area contributed by atoms with E-state index < -0.39 is 0 Å². The lowest BCUT2D eigenvalue weighted by Crippen LogP contribution is -2.60. The Labute approximate surface area is 130 Å². The van der Waals surface area contributed by atoms with Crippen LogP contribution >= 0.6 is 0 Å². The maximum absolute atomic E-state index is 12.8. The molecule has 22 heavy (non-hydrogen) atoms. The largest absolute Gasteiger partial charge is 0.469 e. The number of amides is 1. The van der Waals surface area contributed by atoms with E-state index in [-0.39, 0.29) is 24.1 Å². The molecule has 1 aromatic rings. The van der Waals surface area contributed by atoms with Crippen LogP contribution in [0.15, 0.2) is 16.7 Å². The molecule has 1 saturated carbocycles. The van der Waals surface area contributed by atoms with Gasteiger partial charge in [-0.25, -0.2) is 0 Å². The first-order chi connectivity index (χ1) is 10.7. The third-order valence-corrected chi connectivity index (χ3v) is 5.07. The third kappa shape index (κ3) is 2.68. The number of fused-ring (bicyclic) bond motifs is 2. The summed E-state index contributed by atoms with van der Waals surface area (Å²) in [6.07, 6.45) is 6.24. The SMILES string of the molecule is Cc1occc1C(=O)N1C2COCC1CC(OCC1CC1)C2. The predicted molar refractivity (Wildman–Crippen MR) is 79.7 cm³/mol. The van der Waals surface area contributed by atoms with Crippen LogP contribution in [0.2, 0.25) is 0 Å². The van der Waals surface area contributed by atoms with E-state index in [2.05, 4.69) is 0 Å². The molecule has 3 aliphatic rings. The molecule has 3 heterocycles. The molecule has 4 rings (SSSR count). The highest BCUT2D eigenvalue weighted by Crippen LogP contribution is 2.34. The summed E-state index contributed by atoms with van der Waals surface area (Å²) in [7, 11) is 0. The molecule has 2 aliphatic heterocycles. The van der Waals surface area contributed by atoms with Gasteiger partial charge in [0.1, 0.15) is 5.76 Å². The van der Waals surface area contributed by atoms with Gasteiger partial charge >= 0.3 is 0 Å². The number of aryl methyl sites for hydroxylation is 1. The molecule has 0 spiro atoms. The van der Waals surface area contributed by atoms with Gasteiger partial charge in [-0.2, -0.15) is 0 Å². The number of ether oxygens (including phenoxy) is 2. The standard InChI is InChI=1S/C17H23NO4/c1-11-16(4-5-21-11)17(19)18-13-6-15(22-8-12-2-3-12)7-14(18)10-20-9-13/h4-5,12-15H,2-3,6-10H2,1H3. The van der Waals surface area contributed by atoms with Gasteiger partial charge in [0.2, 0.25) is 0 Å². The molecule has 1 aromatic heterocycles. The van der Waals surface area contributed by atoms with Gasteiger partial charge in [-0.1, -0.05) is 0 Å². The van der Waals surface area contributed by atoms with Crippen molar-refractivity contribution in [2.75, 3.05) is 19.8 Å². The van der Waals surface area contributed by atoms with Gasteiger partial charge in [0, 0.05) is 6.61 Å². The maximum atomic E-state index is 12.8. The van der Waals surface area contributed by atoms with Crippen molar-refractivity contribution in [3.8, 4) is 0 Å². The first kappa shape index (κ1) is 14.3. The zero-order chi connectivity index (χ0) is 15.1. The molecule has 1 amide bonds. The van der Waals surface area contributed by atoms with Crippen LogP contribution in [0.3, 0.4) is 0 Å². The lowest BCUT2D eigenvalue weighted by atomic mass is 9.91. The predicted octanol–water partition coefficient (Wildman–Crippen LogP) is 2.39. The quantitative estimate of drug-likeness (QED) is 0.857. The number of rotatable bonds is 4. The molecule has 5 heteroatoms. The molecule has 1 aliphatic carbocycles. The molecule has 3 fully saturated rings. The summed E-state index contributed by atoms with van der Waals surface area (Å²) in [5, 5.41) is 0. The van der Waals surface area contributed by atoms with Gasteiger partial charge in [-0.3, -0.25) is 4.79 Å². The minimum Gasteiger partial charge on any atom is -0.469 e. The monoisotopic (exact) mass is 305 g/mol. The van der Waals surface area contributed by atoms with Crippen LogP contribution in [0.25, 0.3) is 0 Å². The third-order valence-electron chi connectivity index (χ3n) is 5.07. The summed E-state index contributed by atoms with van der Waals surface area (Å²) in [5.41, 5.74) is 0.675. The molecule has 120 valence electrons. The first-order valence-electron chi connectivity index (χ1n) is 8.28. The number of piperidine rings is 1. The highest BCUT2D eigenvalue weighted by Gasteiger charge is 2.43. The Hall–Kier alpha value is -1.33. The van der Waals surface area contributed by atoms with Crippen molar-refractivity contribution in [1.82, 2.24) is 4.90 Å². The number of hydrogen-bond donors (Lipinski definition) is 0. The van der Waals surface area contributed by atoms with E-state index in [1.54, 1.807) is 12.3 Å². The van der Waals surface area contributed by atoms with Gasteiger partial charge in [-0.05, 0) is 44.6 Å². The number of carbonyl (C=O) groups excluding carboxylic acids is 1. The normalized spacial score (nSPS) is 31.3. The Bertz CT molecular complexity index is 537. The van der Waals surface area contributed by atoms with E-state index in [1.807, 2.05) is 11.8 Å². The maximum Gasteiger partial charge on any atom is 0.258 e. The van der Waals surface area contributed by atoms with Crippen molar-refractivity contribution in [3.63, 3.8) is 0 Å². The van der Waals surface area contributed by atoms with E-state index in [9.17, 15) is 4.79 Å². The smallest absolute Gasteiger partial charge is 0.258 e. The van der Waals surface area contributed by atoms with Gasteiger partial charge in [0.05, 0.1) is 43.2 Å². The van der Waals surface area contributed by atoms with E-state index in [1.165, 1.54) is 12.8 Å². The zero-order valence-corrected chi connectivity index (χ0v) is 13.0. The second kappa shape index (κ2) is 5.70. The first-order valence-corrected chi connectivity index (χ1v) is 8.28. The zero-order valence-electron chi connectivity index (χ0n) is 13.0. The molecule has 0 radical (unpaired) electrons. The lowest BCUT2D eigenvalue weighted by Gasteiger charge is -2.48. The minimum atomic E-state index is 0.0743. The van der Waals surface area contributed by atoms with Gasteiger partial charge < -0.3 is 18.8 Å². The van der Waals surface area contributed by atoms with Crippen LogP contribution < -0.4 is 0 Å². The van der Waals surface area contributed by atoms with Crippen molar-refractivity contribution in [2.45, 2.75) is 50.8 Å². The Morgan fingerprint density at radius 2 is 2.05 bits per heavy atom. The average Bonchev–Trinajstić information content (AvgIpc) is 3.23. The van der Waals surface area contributed by atoms with Crippen LogP contribution in [0, 0.1) is 12.8 Å². The van der Waals surface area contributed by atoms with Crippen molar-refractivity contribution < 1.29 is 18.7 Å². The Balaban J connectivity index is 1.47. The molecule has 0 N–H and O–H groups in total. The van der Waals surface area contributed by atoms with Crippen LogP contribution in [0.5, 0.6) is 0 Å². The van der Waals surface area contributed by atoms with Crippen LogP contribution in [0.1, 0.15) is 41.8 Å². The molecule has 2 bridgehead atoms. The Morgan fingerprint density at radius 3 is 2.64 bits per heavy atom. The van der Waals surface area contributed by atoms with Crippen molar-refractivity contribution in [1.29, 1.82) is 0 Å². The fourth-order valence-electron chi connectivity index (χ4n) is 3.64. The Kier molecular flexibility index (Phi) is 3.70. The van der Waals surface area contributed by atoms with Crippen LogP contribution in [-0.2, 0) is 9.47 Å². The van der Waals surface area contributed by atoms with Crippen LogP contribution in [-0.4, -0.2) is 48.8 Å². The van der Waals surface area contributed by atoms with Crippen molar-refractivity contribution >= 4 is 5.91 Å². The summed E-state index contributed by atoms with van der Waals surface area (Å²) >= 11 is 0. The highest BCUT2D eigenvalue weighted by atomic mass is 16.5. The summed E-state index contributed by atoms with van der Waals surface area (Å²) < 4.78 is 17.0. The summed E-state index contributed by atoms with van der Waals surface area (Å²) in [6.45, 7) is 3.95. The van der Waals surface area contributed by atoms with E-state index in [0.717, 1.165) is 25.4 Å².